The van der Waals surface area contributed by atoms with Crippen molar-refractivity contribution in [2.24, 2.45) is 0 Å². The van der Waals surface area contributed by atoms with Gasteiger partial charge in [-0.2, -0.15) is 5.26 Å². The highest BCUT2D eigenvalue weighted by atomic mass is 32.2. The van der Waals surface area contributed by atoms with Gasteiger partial charge in [-0.15, -0.1) is 22.7 Å². The molecule has 0 saturated heterocycles. The van der Waals surface area contributed by atoms with Crippen LogP contribution in [0.3, 0.4) is 0 Å². The molecular formula is C34H39N3O4S3Si. The van der Waals surface area contributed by atoms with Crippen molar-refractivity contribution in [3.63, 3.8) is 0 Å². The molecule has 11 heteroatoms. The molecule has 4 rings (SSSR count). The number of methoxy groups -OCH3 is 1. The second-order valence-electron chi connectivity index (χ2n) is 12.2. The number of hydrazine groups is 1. The summed E-state index contributed by atoms with van der Waals surface area (Å²) in [6, 6.07) is 16.0. The van der Waals surface area contributed by atoms with Crippen LogP contribution in [-0.2, 0) is 22.0 Å². The number of hydrogen-bond donors (Lipinski definition) is 0. The van der Waals surface area contributed by atoms with Crippen LogP contribution in [0.25, 0.3) is 0 Å². The Bertz CT molecular complexity index is 1640. The van der Waals surface area contributed by atoms with Gasteiger partial charge in [-0.1, -0.05) is 44.7 Å². The Kier molecular flexibility index (Phi) is 11.8. The predicted octanol–water partition coefficient (Wildman–Crippen LogP) is 8.29. The molecule has 0 bridgehead atoms. The van der Waals surface area contributed by atoms with Gasteiger partial charge in [0.05, 0.1) is 18.8 Å². The van der Waals surface area contributed by atoms with Crippen LogP contribution < -0.4 is 0 Å². The van der Waals surface area contributed by atoms with E-state index in [1.807, 2.05) is 46.3 Å². The fraction of sp³-hybridized carbons (Fsp3) is 0.382. The first kappa shape index (κ1) is 34.5. The quantitative estimate of drug-likeness (QED) is 0.115. The van der Waals surface area contributed by atoms with Crippen LogP contribution in [-0.4, -0.2) is 55.8 Å². The number of carbonyl (C=O) groups is 2. The Morgan fingerprint density at radius 2 is 1.91 bits per heavy atom. The number of amides is 1. The monoisotopic (exact) mass is 677 g/mol. The lowest BCUT2D eigenvalue weighted by molar-refractivity contribution is 0.0567. The maximum Gasteiger partial charge on any atom is 0.348 e. The van der Waals surface area contributed by atoms with Gasteiger partial charge in [0, 0.05) is 36.2 Å². The third-order valence-corrected chi connectivity index (χ3v) is 15.1. The smallest absolute Gasteiger partial charge is 0.348 e. The SMILES string of the molecule is COC(=O)c1ccc(CCN2C(=O)SC=CN2CCC(Cc2cccc(C#Cc3ccsc3C#N)c2)O[Si](C)(C)C(C)(C)C)s1. The number of thiophene rings is 2. The number of thioether (sulfide) groups is 1. The van der Waals surface area contributed by atoms with E-state index >= 15 is 0 Å². The third-order valence-electron chi connectivity index (χ3n) is 7.99. The van der Waals surface area contributed by atoms with Crippen LogP contribution in [0.5, 0.6) is 0 Å². The molecule has 1 amide bonds. The summed E-state index contributed by atoms with van der Waals surface area (Å²) in [6.45, 7) is 12.4. The van der Waals surface area contributed by atoms with Crippen LogP contribution in [0.4, 0.5) is 4.79 Å². The minimum atomic E-state index is -2.10. The van der Waals surface area contributed by atoms with Crippen molar-refractivity contribution in [3.05, 3.63) is 90.8 Å². The first-order valence-corrected chi connectivity index (χ1v) is 20.2. The topological polar surface area (TPSA) is 82.9 Å². The first-order valence-electron chi connectivity index (χ1n) is 14.7. The highest BCUT2D eigenvalue weighted by molar-refractivity contribution is 8.16. The highest BCUT2D eigenvalue weighted by Gasteiger charge is 2.39. The summed E-state index contributed by atoms with van der Waals surface area (Å²) < 4.78 is 11.8. The van der Waals surface area contributed by atoms with E-state index in [1.54, 1.807) is 11.1 Å². The zero-order chi connectivity index (χ0) is 32.6. The molecule has 7 nitrogen and oxygen atoms in total. The van der Waals surface area contributed by atoms with E-state index in [4.69, 9.17) is 9.16 Å². The molecule has 3 aromatic rings. The van der Waals surface area contributed by atoms with Gasteiger partial charge < -0.3 is 9.16 Å². The van der Waals surface area contributed by atoms with Gasteiger partial charge in [-0.3, -0.25) is 9.80 Å². The summed E-state index contributed by atoms with van der Waals surface area (Å²) in [7, 11) is -0.723. The molecule has 0 N–H and O–H groups in total. The molecule has 3 heterocycles. The van der Waals surface area contributed by atoms with Gasteiger partial charge in [0.25, 0.3) is 0 Å². The lowest BCUT2D eigenvalue weighted by atomic mass is 10.0. The van der Waals surface area contributed by atoms with Gasteiger partial charge in [0.1, 0.15) is 15.8 Å². The molecule has 2 aromatic heterocycles. The largest absolute Gasteiger partial charge is 0.465 e. The highest BCUT2D eigenvalue weighted by Crippen LogP contribution is 2.38. The van der Waals surface area contributed by atoms with Gasteiger partial charge in [-0.25, -0.2) is 9.80 Å². The fourth-order valence-electron chi connectivity index (χ4n) is 4.50. The Morgan fingerprint density at radius 3 is 2.64 bits per heavy atom. The number of benzene rings is 1. The van der Waals surface area contributed by atoms with Crippen molar-refractivity contribution in [2.45, 2.75) is 64.3 Å². The van der Waals surface area contributed by atoms with Crippen LogP contribution in [0.15, 0.2) is 59.5 Å². The summed E-state index contributed by atoms with van der Waals surface area (Å²) >= 11 is 3.97. The molecule has 1 unspecified atom stereocenters. The minimum Gasteiger partial charge on any atom is -0.465 e. The van der Waals surface area contributed by atoms with Gasteiger partial charge >= 0.3 is 11.2 Å². The number of carbonyl (C=O) groups excluding carboxylic acids is 2. The molecule has 1 aliphatic rings. The molecule has 0 aliphatic carbocycles. The number of rotatable bonds is 11. The second-order valence-corrected chi connectivity index (χ2v) is 19.9. The Hall–Kier alpha value is -3.32. The summed E-state index contributed by atoms with van der Waals surface area (Å²) in [6.07, 6.45) is 3.98. The molecule has 45 heavy (non-hydrogen) atoms. The average molecular weight is 678 g/mol. The molecule has 1 atom stereocenters. The average Bonchev–Trinajstić information content (AvgIpc) is 3.67. The van der Waals surface area contributed by atoms with Crippen molar-refractivity contribution >= 4 is 54.0 Å². The number of ether oxygens (including phenoxy) is 1. The molecule has 0 saturated carbocycles. The zero-order valence-corrected chi connectivity index (χ0v) is 30.0. The van der Waals surface area contributed by atoms with E-state index in [-0.39, 0.29) is 22.4 Å². The first-order chi connectivity index (χ1) is 21.4. The summed E-state index contributed by atoms with van der Waals surface area (Å²) in [5.41, 5.74) is 2.78. The number of nitriles is 1. The fourth-order valence-corrected chi connectivity index (χ4v) is 8.08. The summed E-state index contributed by atoms with van der Waals surface area (Å²) in [5, 5.41) is 16.8. The molecule has 1 aliphatic heterocycles. The number of nitrogens with zero attached hydrogens (tertiary/aromatic N) is 3. The molecule has 0 spiro atoms. The molecule has 0 fully saturated rings. The van der Waals surface area contributed by atoms with Crippen LogP contribution >= 0.6 is 34.4 Å². The lowest BCUT2D eigenvalue weighted by Crippen LogP contribution is -2.47. The predicted molar refractivity (Wildman–Crippen MR) is 187 cm³/mol. The van der Waals surface area contributed by atoms with E-state index in [9.17, 15) is 14.9 Å². The third kappa shape index (κ3) is 9.35. The van der Waals surface area contributed by atoms with Crippen molar-refractivity contribution in [2.75, 3.05) is 20.2 Å². The van der Waals surface area contributed by atoms with E-state index in [0.29, 0.717) is 29.3 Å². The van der Waals surface area contributed by atoms with Gasteiger partial charge in [0.15, 0.2) is 8.32 Å². The normalized spacial score (nSPS) is 14.1. The Morgan fingerprint density at radius 1 is 1.11 bits per heavy atom. The second kappa shape index (κ2) is 15.3. The zero-order valence-electron chi connectivity index (χ0n) is 26.6. The summed E-state index contributed by atoms with van der Waals surface area (Å²) in [5.74, 6) is 6.03. The van der Waals surface area contributed by atoms with Crippen molar-refractivity contribution in [1.82, 2.24) is 10.0 Å². The molecule has 236 valence electrons. The summed E-state index contributed by atoms with van der Waals surface area (Å²) in [4.78, 5) is 27.1. The molecular weight excluding hydrogens is 639 g/mol. The standard InChI is InChI=1S/C34H39N3O4S3Si/c1-34(2,3)45(5,6)41-28(23-26-9-7-8-25(22-26)10-11-27-16-20-42-31(27)24-35)14-17-36-19-21-43-33(39)37(36)18-15-29-12-13-30(44-29)32(38)40-4/h7-9,12-13,16,19-22,28H,14-15,17-18,23H2,1-6H3. The van der Waals surface area contributed by atoms with E-state index in [2.05, 4.69) is 63.9 Å². The van der Waals surface area contributed by atoms with E-state index < -0.39 is 8.32 Å². The maximum absolute atomic E-state index is 13.0. The van der Waals surface area contributed by atoms with E-state index in [0.717, 1.165) is 34.4 Å². The maximum atomic E-state index is 13.0. The molecule has 0 radical (unpaired) electrons. The van der Waals surface area contributed by atoms with Crippen molar-refractivity contribution in [1.29, 1.82) is 5.26 Å². The van der Waals surface area contributed by atoms with Crippen molar-refractivity contribution < 1.29 is 18.8 Å². The van der Waals surface area contributed by atoms with Crippen LogP contribution in [0.1, 0.15) is 63.3 Å². The number of esters is 1. The van der Waals surface area contributed by atoms with Crippen LogP contribution in [0, 0.1) is 23.2 Å². The van der Waals surface area contributed by atoms with Crippen LogP contribution in [0.2, 0.25) is 18.1 Å². The Balaban J connectivity index is 1.48. The van der Waals surface area contributed by atoms with Gasteiger partial charge in [-0.05, 0) is 89.4 Å². The van der Waals surface area contributed by atoms with Crippen molar-refractivity contribution in [3.8, 4) is 17.9 Å². The molecule has 1 aromatic carbocycles. The minimum absolute atomic E-state index is 0.0273. The van der Waals surface area contributed by atoms with Gasteiger partial charge in [0.2, 0.25) is 0 Å². The van der Waals surface area contributed by atoms with E-state index in [1.165, 1.54) is 41.5 Å². The lowest BCUT2D eigenvalue weighted by Gasteiger charge is -2.41. The Labute approximate surface area is 279 Å². The number of hydrogen-bond acceptors (Lipinski definition) is 9.